The number of hydrogen-bond acceptors (Lipinski definition) is 10. The van der Waals surface area contributed by atoms with Crippen molar-refractivity contribution in [3.05, 3.63) is 11.5 Å². The zero-order valence-electron chi connectivity index (χ0n) is 10.8. The van der Waals surface area contributed by atoms with Gasteiger partial charge in [-0.25, -0.2) is 4.79 Å². The molecule has 1 aliphatic rings. The van der Waals surface area contributed by atoms with Crippen LogP contribution in [0.5, 0.6) is 0 Å². The van der Waals surface area contributed by atoms with E-state index in [0.29, 0.717) is 0 Å². The Bertz CT molecular complexity index is 410. The van der Waals surface area contributed by atoms with E-state index < -0.39 is 46.7 Å². The number of hydrogen-bond donors (Lipinski definition) is 4. The quantitative estimate of drug-likeness (QED) is 0.140. The smallest absolute Gasteiger partial charge is 0.759 e. The molecule has 0 unspecified atom stereocenters. The second kappa shape index (κ2) is 17.3. The molecule has 0 saturated heterocycles. The first-order chi connectivity index (χ1) is 7.57. The number of cyclic esters (lactones) is 1. The van der Waals surface area contributed by atoms with Crippen molar-refractivity contribution >= 4 is 16.4 Å². The van der Waals surface area contributed by atoms with Gasteiger partial charge in [0.1, 0.15) is 6.10 Å². The Balaban J connectivity index is -0.0000000420. The van der Waals surface area contributed by atoms with E-state index in [0.717, 1.165) is 0 Å². The van der Waals surface area contributed by atoms with E-state index in [1.165, 1.54) is 0 Å². The molecule has 2 atom stereocenters. The number of aliphatic hydroxyl groups excluding tert-OH is 4. The van der Waals surface area contributed by atoms with Gasteiger partial charge in [-0.2, -0.15) is 0 Å². The molecule has 0 spiro atoms. The van der Waals surface area contributed by atoms with Crippen molar-refractivity contribution in [2.75, 3.05) is 6.61 Å². The van der Waals surface area contributed by atoms with Crippen LogP contribution in [0.15, 0.2) is 11.5 Å². The standard InChI is InChI=1S/C6H8O6.Cu.H2O4S.5H2O/c7-1-2(8)5-3(9)4(10)6(11)12-5;;1-5(2,3)4;;;;;/h2,5,7-10H,1H2;;(H2,1,2,3,4);5*1H2/q;+2;;;;;;/p-2/t2-,5+;;;;;;;/m0......./s1. The van der Waals surface area contributed by atoms with Crippen LogP contribution in [-0.2, 0) is 37.0 Å². The second-order valence-corrected chi connectivity index (χ2v) is 3.53. The van der Waals surface area contributed by atoms with Crippen LogP contribution in [0.25, 0.3) is 0 Å². The molecule has 0 aliphatic carbocycles. The Hall–Kier alpha value is -1.08. The first-order valence-electron chi connectivity index (χ1n) is 3.86. The molecule has 1 radical (unpaired) electrons. The molecule has 14 N–H and O–H groups in total. The molecule has 0 saturated carbocycles. The van der Waals surface area contributed by atoms with Crippen molar-refractivity contribution in [1.29, 1.82) is 0 Å². The molecule has 0 fully saturated rings. The average Bonchev–Trinajstić information content (AvgIpc) is 2.42. The molecule has 149 valence electrons. The van der Waals surface area contributed by atoms with Gasteiger partial charge in [-0.1, -0.05) is 0 Å². The first-order valence-corrected chi connectivity index (χ1v) is 5.20. The van der Waals surface area contributed by atoms with E-state index in [1.54, 1.807) is 0 Å². The summed E-state index contributed by atoms with van der Waals surface area (Å²) in [6.07, 6.45) is -2.78. The predicted octanol–water partition coefficient (Wildman–Crippen LogP) is -6.87. The summed E-state index contributed by atoms with van der Waals surface area (Å²) in [7, 11) is -5.17. The molecule has 0 aromatic carbocycles. The van der Waals surface area contributed by atoms with E-state index in [-0.39, 0.29) is 44.4 Å². The zero-order valence-corrected chi connectivity index (χ0v) is 12.6. The summed E-state index contributed by atoms with van der Waals surface area (Å²) in [6.45, 7) is -0.671. The molecule has 0 bridgehead atoms. The third-order valence-electron chi connectivity index (χ3n) is 1.48. The largest absolute Gasteiger partial charge is 2.00 e. The van der Waals surface area contributed by atoms with Crippen molar-refractivity contribution in [2.45, 2.75) is 12.2 Å². The fourth-order valence-corrected chi connectivity index (χ4v) is 0.823. The topological polar surface area (TPSA) is 345 Å². The van der Waals surface area contributed by atoms with Gasteiger partial charge in [0.15, 0.2) is 11.9 Å². The number of aliphatic hydroxyl groups is 4. The molecule has 1 rings (SSSR count). The van der Waals surface area contributed by atoms with Crippen LogP contribution in [0.3, 0.4) is 0 Å². The summed E-state index contributed by atoms with van der Waals surface area (Å²) in [5.41, 5.74) is 0. The average molecular weight is 426 g/mol. The van der Waals surface area contributed by atoms with Crippen LogP contribution >= 0.6 is 0 Å². The summed E-state index contributed by atoms with van der Waals surface area (Å²) in [6, 6.07) is 0. The van der Waals surface area contributed by atoms with E-state index in [1.807, 2.05) is 0 Å². The summed E-state index contributed by atoms with van der Waals surface area (Å²) in [5.74, 6) is -2.78. The molecule has 1 aliphatic heterocycles. The molecule has 15 nitrogen and oxygen atoms in total. The minimum absolute atomic E-state index is 0. The van der Waals surface area contributed by atoms with Gasteiger partial charge >= 0.3 is 23.0 Å². The van der Waals surface area contributed by atoms with Crippen LogP contribution in [0.1, 0.15) is 0 Å². The summed E-state index contributed by atoms with van der Waals surface area (Å²) >= 11 is 0. The van der Waals surface area contributed by atoms with Gasteiger partial charge in [0.25, 0.3) is 0 Å². The van der Waals surface area contributed by atoms with Gasteiger partial charge in [-0.3, -0.25) is 8.42 Å². The Kier molecular flexibility index (Phi) is 32.4. The minimum Gasteiger partial charge on any atom is -0.759 e. The van der Waals surface area contributed by atoms with E-state index in [9.17, 15) is 4.79 Å². The number of carbonyl (C=O) groups excluding carboxylic acids is 1. The minimum atomic E-state index is -5.17. The summed E-state index contributed by atoms with van der Waals surface area (Å²) in [4.78, 5) is 10.5. The van der Waals surface area contributed by atoms with Crippen LogP contribution in [-0.4, -0.2) is 90.1 Å². The van der Waals surface area contributed by atoms with Gasteiger partial charge in [0.05, 0.1) is 6.61 Å². The Morgan fingerprint density at radius 1 is 1.09 bits per heavy atom. The summed E-state index contributed by atoms with van der Waals surface area (Å²) < 4.78 is 38.4. The van der Waals surface area contributed by atoms with Crippen molar-refractivity contribution < 1.29 is 91.9 Å². The SMILES string of the molecule is O.O.O.O.O.O=C1O[C@H]([C@@H](O)CO)C(O)=C1O.O=S(=O)([O-])[O-].[Cu+2]. The van der Waals surface area contributed by atoms with Crippen LogP contribution in [0.4, 0.5) is 0 Å². The molecule has 1 heterocycles. The van der Waals surface area contributed by atoms with Crippen molar-refractivity contribution in [3.63, 3.8) is 0 Å². The van der Waals surface area contributed by atoms with Crippen LogP contribution in [0.2, 0.25) is 0 Å². The molecule has 0 aromatic rings. The second-order valence-electron chi connectivity index (χ2n) is 2.72. The third-order valence-corrected chi connectivity index (χ3v) is 1.48. The molecule has 17 heteroatoms. The third kappa shape index (κ3) is 17.1. The molecule has 0 aromatic heterocycles. The van der Waals surface area contributed by atoms with Gasteiger partial charge in [-0.15, -0.1) is 0 Å². The maximum Gasteiger partial charge on any atom is 2.00 e. The maximum absolute atomic E-state index is 10.5. The van der Waals surface area contributed by atoms with Gasteiger partial charge in [0.2, 0.25) is 5.76 Å². The molecule has 0 amide bonds. The molecule has 23 heavy (non-hydrogen) atoms. The predicted molar refractivity (Wildman–Crippen MR) is 63.8 cm³/mol. The van der Waals surface area contributed by atoms with E-state index >= 15 is 0 Å². The monoisotopic (exact) mass is 425 g/mol. The Morgan fingerprint density at radius 2 is 1.39 bits per heavy atom. The maximum atomic E-state index is 10.5. The fourth-order valence-electron chi connectivity index (χ4n) is 0.823. The zero-order chi connectivity index (χ0) is 13.8. The molecular formula is C6H18CuO15S. The molecular weight excluding hydrogens is 408 g/mol. The van der Waals surface area contributed by atoms with E-state index in [2.05, 4.69) is 4.74 Å². The van der Waals surface area contributed by atoms with Crippen molar-refractivity contribution in [3.8, 4) is 0 Å². The Morgan fingerprint density at radius 3 is 1.57 bits per heavy atom. The van der Waals surface area contributed by atoms with Crippen LogP contribution in [0, 0.1) is 0 Å². The number of ether oxygens (including phenoxy) is 1. The number of esters is 1. The van der Waals surface area contributed by atoms with Crippen LogP contribution < -0.4 is 0 Å². The number of rotatable bonds is 2. The van der Waals surface area contributed by atoms with E-state index in [4.69, 9.17) is 37.9 Å². The first kappa shape index (κ1) is 43.1. The fraction of sp³-hybridized carbons (Fsp3) is 0.500. The Labute approximate surface area is 139 Å². The van der Waals surface area contributed by atoms with Crippen molar-refractivity contribution in [2.24, 2.45) is 0 Å². The van der Waals surface area contributed by atoms with Gasteiger partial charge < -0.3 is 61.6 Å². The number of carbonyl (C=O) groups is 1. The van der Waals surface area contributed by atoms with Gasteiger partial charge in [-0.05, 0) is 0 Å². The normalized spacial score (nSPS) is 16.0. The summed E-state index contributed by atoms with van der Waals surface area (Å²) in [5, 5.41) is 35.0. The van der Waals surface area contributed by atoms with Gasteiger partial charge in [0, 0.05) is 10.4 Å². The van der Waals surface area contributed by atoms with Crippen molar-refractivity contribution in [1.82, 2.24) is 0 Å².